The third-order valence-corrected chi connectivity index (χ3v) is 4.47. The number of ether oxygens (including phenoxy) is 1. The molecular weight excluding hydrogens is 198 g/mol. The fraction of sp³-hybridized carbons (Fsp3) is 0.200. The summed E-state index contributed by atoms with van der Waals surface area (Å²) in [6.45, 7) is 0. The summed E-state index contributed by atoms with van der Waals surface area (Å²) in [6, 6.07) is 0. The lowest BCUT2D eigenvalue weighted by Crippen LogP contribution is -2.43. The van der Waals surface area contributed by atoms with Crippen molar-refractivity contribution in [3.8, 4) is 0 Å². The molecule has 4 heteroatoms. The zero-order valence-electron chi connectivity index (χ0n) is 7.21. The molecule has 1 spiro atoms. The van der Waals surface area contributed by atoms with Crippen molar-refractivity contribution >= 4 is 10.8 Å². The standard InChI is InChI=1S/C10H7NO2S/c12-14-4-3-11-6-7-5-8-1-2-10(7,13-8)9(11)14/h1-6,9H. The molecule has 0 N–H and O–H groups in total. The van der Waals surface area contributed by atoms with Crippen LogP contribution in [0.25, 0.3) is 0 Å². The van der Waals surface area contributed by atoms with Crippen molar-refractivity contribution in [3.63, 3.8) is 0 Å². The summed E-state index contributed by atoms with van der Waals surface area (Å²) in [5.74, 6) is 0.889. The van der Waals surface area contributed by atoms with Crippen molar-refractivity contribution in [2.45, 2.75) is 11.0 Å². The van der Waals surface area contributed by atoms with Gasteiger partial charge in [-0.1, -0.05) is 0 Å². The summed E-state index contributed by atoms with van der Waals surface area (Å²) >= 11 is 0. The highest BCUT2D eigenvalue weighted by Crippen LogP contribution is 2.51. The van der Waals surface area contributed by atoms with Crippen LogP contribution in [0.4, 0.5) is 0 Å². The van der Waals surface area contributed by atoms with E-state index in [4.69, 9.17) is 4.74 Å². The molecule has 0 amide bonds. The van der Waals surface area contributed by atoms with Crippen LogP contribution in [-0.4, -0.2) is 20.1 Å². The lowest BCUT2D eigenvalue weighted by Gasteiger charge is -2.27. The third-order valence-electron chi connectivity index (χ3n) is 3.04. The molecule has 0 fully saturated rings. The Morgan fingerprint density at radius 2 is 2.50 bits per heavy atom. The van der Waals surface area contributed by atoms with Gasteiger partial charge in [0.1, 0.15) is 5.76 Å². The molecule has 70 valence electrons. The molecule has 4 heterocycles. The summed E-state index contributed by atoms with van der Waals surface area (Å²) < 4.78 is 17.6. The van der Waals surface area contributed by atoms with Crippen molar-refractivity contribution in [1.29, 1.82) is 0 Å². The SMILES string of the molecule is O=S1C=CN2C=C3C=C4C=CC3(O4)C21. The van der Waals surface area contributed by atoms with E-state index in [0.717, 1.165) is 11.3 Å². The third kappa shape index (κ3) is 0.554. The first-order valence-corrected chi connectivity index (χ1v) is 5.75. The van der Waals surface area contributed by atoms with E-state index in [0.29, 0.717) is 0 Å². The molecule has 3 nitrogen and oxygen atoms in total. The molecule has 4 rings (SSSR count). The quantitative estimate of drug-likeness (QED) is 0.590. The molecule has 2 bridgehead atoms. The van der Waals surface area contributed by atoms with Gasteiger partial charge < -0.3 is 9.64 Å². The van der Waals surface area contributed by atoms with Gasteiger partial charge in [0.25, 0.3) is 0 Å². The Hall–Kier alpha value is -1.29. The van der Waals surface area contributed by atoms with Gasteiger partial charge in [0.2, 0.25) is 0 Å². The molecule has 3 atom stereocenters. The Labute approximate surface area is 83.5 Å². The van der Waals surface area contributed by atoms with Gasteiger partial charge in [-0.25, -0.2) is 0 Å². The predicted octanol–water partition coefficient (Wildman–Crippen LogP) is 0.968. The molecule has 4 aliphatic heterocycles. The molecule has 0 saturated heterocycles. The molecule has 4 aliphatic rings. The molecule has 0 saturated carbocycles. The number of hydrogen-bond donors (Lipinski definition) is 0. The molecule has 0 aromatic rings. The van der Waals surface area contributed by atoms with Crippen LogP contribution in [0.3, 0.4) is 0 Å². The number of allylic oxidation sites excluding steroid dienone is 1. The largest absolute Gasteiger partial charge is 0.475 e. The van der Waals surface area contributed by atoms with Gasteiger partial charge in [-0.05, 0) is 18.2 Å². The summed E-state index contributed by atoms with van der Waals surface area (Å²) in [5.41, 5.74) is 0.668. The molecule has 14 heavy (non-hydrogen) atoms. The Kier molecular flexibility index (Phi) is 0.950. The molecule has 0 aromatic heterocycles. The number of rotatable bonds is 0. The van der Waals surface area contributed by atoms with Gasteiger partial charge in [0.15, 0.2) is 11.0 Å². The lowest BCUT2D eigenvalue weighted by molar-refractivity contribution is 0.103. The number of hydrogen-bond acceptors (Lipinski definition) is 3. The number of fused-ring (bicyclic) bond motifs is 2. The summed E-state index contributed by atoms with van der Waals surface area (Å²) in [7, 11) is -0.968. The minimum Gasteiger partial charge on any atom is -0.475 e. The van der Waals surface area contributed by atoms with E-state index in [1.54, 1.807) is 5.41 Å². The molecule has 3 unspecified atom stereocenters. The highest BCUT2D eigenvalue weighted by molar-refractivity contribution is 7.88. The predicted molar refractivity (Wildman–Crippen MR) is 52.0 cm³/mol. The van der Waals surface area contributed by atoms with E-state index in [1.165, 1.54) is 0 Å². The Morgan fingerprint density at radius 3 is 3.36 bits per heavy atom. The van der Waals surface area contributed by atoms with Crippen molar-refractivity contribution in [3.05, 3.63) is 47.4 Å². The molecule has 0 aliphatic carbocycles. The summed E-state index contributed by atoms with van der Waals surface area (Å²) in [5, 5.41) is 1.63. The van der Waals surface area contributed by atoms with Gasteiger partial charge in [-0.2, -0.15) is 0 Å². The van der Waals surface area contributed by atoms with Crippen molar-refractivity contribution < 1.29 is 8.95 Å². The molecular formula is C10H7NO2S. The first-order chi connectivity index (χ1) is 6.79. The van der Waals surface area contributed by atoms with E-state index < -0.39 is 16.4 Å². The Balaban J connectivity index is 1.97. The van der Waals surface area contributed by atoms with E-state index in [9.17, 15) is 4.21 Å². The zero-order valence-corrected chi connectivity index (χ0v) is 8.03. The maximum Gasteiger partial charge on any atom is 0.187 e. The van der Waals surface area contributed by atoms with Gasteiger partial charge in [0.05, 0.1) is 10.8 Å². The maximum atomic E-state index is 11.8. The normalized spacial score (nSPS) is 45.0. The molecule has 0 aromatic carbocycles. The van der Waals surface area contributed by atoms with Crippen molar-refractivity contribution in [1.82, 2.24) is 4.90 Å². The lowest BCUT2D eigenvalue weighted by atomic mass is 9.95. The Morgan fingerprint density at radius 1 is 1.57 bits per heavy atom. The first kappa shape index (κ1) is 7.06. The maximum absolute atomic E-state index is 11.8. The van der Waals surface area contributed by atoms with Crippen LogP contribution in [0.1, 0.15) is 0 Å². The average molecular weight is 205 g/mol. The first-order valence-electron chi connectivity index (χ1n) is 4.47. The highest BCUT2D eigenvalue weighted by atomic mass is 32.2. The second-order valence-electron chi connectivity index (χ2n) is 3.77. The van der Waals surface area contributed by atoms with Crippen LogP contribution < -0.4 is 0 Å². The zero-order chi connectivity index (χ0) is 9.34. The van der Waals surface area contributed by atoms with Crippen LogP contribution >= 0.6 is 0 Å². The summed E-state index contributed by atoms with van der Waals surface area (Å²) in [6.07, 6.45) is 9.87. The fourth-order valence-corrected chi connectivity index (χ4v) is 3.84. The van der Waals surface area contributed by atoms with E-state index in [1.807, 2.05) is 35.5 Å². The minimum atomic E-state index is -0.968. The van der Waals surface area contributed by atoms with Crippen LogP contribution in [-0.2, 0) is 15.5 Å². The van der Waals surface area contributed by atoms with Gasteiger partial charge in [0, 0.05) is 23.4 Å². The van der Waals surface area contributed by atoms with Crippen molar-refractivity contribution in [2.24, 2.45) is 0 Å². The second kappa shape index (κ2) is 1.88. The van der Waals surface area contributed by atoms with Gasteiger partial charge in [-0.15, -0.1) is 0 Å². The fourth-order valence-electron chi connectivity index (χ4n) is 2.45. The van der Waals surface area contributed by atoms with Crippen LogP contribution in [0.5, 0.6) is 0 Å². The van der Waals surface area contributed by atoms with Crippen LogP contribution in [0, 0.1) is 0 Å². The van der Waals surface area contributed by atoms with E-state index >= 15 is 0 Å². The number of nitrogens with zero attached hydrogens (tertiary/aromatic N) is 1. The van der Waals surface area contributed by atoms with Crippen LogP contribution in [0.15, 0.2) is 47.4 Å². The van der Waals surface area contributed by atoms with Crippen molar-refractivity contribution in [2.75, 3.05) is 0 Å². The average Bonchev–Trinajstić information content (AvgIpc) is 2.81. The van der Waals surface area contributed by atoms with E-state index in [-0.39, 0.29) is 5.37 Å². The van der Waals surface area contributed by atoms with E-state index in [2.05, 4.69) is 0 Å². The Bertz CT molecular complexity index is 488. The monoisotopic (exact) mass is 205 g/mol. The second-order valence-corrected chi connectivity index (χ2v) is 5.15. The van der Waals surface area contributed by atoms with Crippen LogP contribution in [0.2, 0.25) is 0 Å². The topological polar surface area (TPSA) is 29.5 Å². The molecule has 0 radical (unpaired) electrons. The highest BCUT2D eigenvalue weighted by Gasteiger charge is 2.58. The van der Waals surface area contributed by atoms with Gasteiger partial charge in [-0.3, -0.25) is 4.21 Å². The minimum absolute atomic E-state index is 0.0926. The smallest absolute Gasteiger partial charge is 0.187 e. The van der Waals surface area contributed by atoms with Gasteiger partial charge >= 0.3 is 0 Å². The summed E-state index contributed by atoms with van der Waals surface area (Å²) in [4.78, 5) is 1.98.